The van der Waals surface area contributed by atoms with Crippen LogP contribution in [-0.4, -0.2) is 7.11 Å². The summed E-state index contributed by atoms with van der Waals surface area (Å²) in [4.78, 5) is 0. The smallest absolute Gasteiger partial charge is 0.122 e. The van der Waals surface area contributed by atoms with Crippen LogP contribution in [0.3, 0.4) is 0 Å². The average Bonchev–Trinajstić information content (AvgIpc) is 2.58. The molecule has 0 heterocycles. The highest BCUT2D eigenvalue weighted by atomic mass is 16.5. The highest BCUT2D eigenvalue weighted by molar-refractivity contribution is 5.39. The molecule has 2 aromatic carbocycles. The van der Waals surface area contributed by atoms with Gasteiger partial charge in [-0.25, -0.2) is 0 Å². The molecule has 0 radical (unpaired) electrons. The van der Waals surface area contributed by atoms with Gasteiger partial charge in [0, 0.05) is 0 Å². The van der Waals surface area contributed by atoms with Crippen LogP contribution in [0.5, 0.6) is 5.75 Å². The molecule has 2 heteroatoms. The molecule has 0 saturated carbocycles. The van der Waals surface area contributed by atoms with Crippen LogP contribution in [0.1, 0.15) is 55.9 Å². The molecule has 2 aromatic rings. The Balaban J connectivity index is 2.22. The molecule has 0 amide bonds. The van der Waals surface area contributed by atoms with E-state index < -0.39 is 0 Å². The lowest BCUT2D eigenvalue weighted by Crippen LogP contribution is -2.11. The summed E-state index contributed by atoms with van der Waals surface area (Å²) in [5, 5.41) is 9.62. The summed E-state index contributed by atoms with van der Waals surface area (Å²) in [5.41, 5.74) is 4.88. The van der Waals surface area contributed by atoms with Crippen molar-refractivity contribution >= 4 is 0 Å². The van der Waals surface area contributed by atoms with Gasteiger partial charge in [-0.05, 0) is 46.6 Å². The fourth-order valence-corrected chi connectivity index (χ4v) is 2.92. The topological polar surface area (TPSA) is 33.0 Å². The molecule has 0 bridgehead atoms. The number of benzene rings is 2. The predicted octanol–water partition coefficient (Wildman–Crippen LogP) is 5.40. The maximum Gasteiger partial charge on any atom is 0.122 e. The van der Waals surface area contributed by atoms with E-state index in [4.69, 9.17) is 4.74 Å². The predicted molar refractivity (Wildman–Crippen MR) is 99.6 cm³/mol. The Hall–Kier alpha value is -2.27. The third-order valence-corrected chi connectivity index (χ3v) is 4.50. The minimum absolute atomic E-state index is 0.128. The first kappa shape index (κ1) is 18.1. The number of aryl methyl sites for hydroxylation is 1. The molecule has 0 aromatic heterocycles. The number of ether oxygens (including phenoxy) is 1. The third kappa shape index (κ3) is 4.17. The van der Waals surface area contributed by atoms with Gasteiger partial charge in [0.05, 0.1) is 19.1 Å². The van der Waals surface area contributed by atoms with Crippen molar-refractivity contribution in [2.24, 2.45) is 0 Å². The van der Waals surface area contributed by atoms with Gasteiger partial charge in [-0.3, -0.25) is 0 Å². The Morgan fingerprint density at radius 3 is 2.25 bits per heavy atom. The van der Waals surface area contributed by atoms with Crippen LogP contribution in [0.25, 0.3) is 0 Å². The fraction of sp³-hybridized carbons (Fsp3) is 0.409. The first-order chi connectivity index (χ1) is 11.4. The van der Waals surface area contributed by atoms with Gasteiger partial charge in [-0.1, -0.05) is 64.1 Å². The minimum atomic E-state index is -0.128. The second-order valence-electron chi connectivity index (χ2n) is 7.26. The maximum absolute atomic E-state index is 9.62. The van der Waals surface area contributed by atoms with Crippen molar-refractivity contribution in [1.29, 1.82) is 5.26 Å². The van der Waals surface area contributed by atoms with Crippen molar-refractivity contribution in [3.63, 3.8) is 0 Å². The standard InChI is InChI=1S/C22H27NO/c1-6-17-13-16(7-12-21(17)24-5)14-19(15-23)18-8-10-20(11-9-18)22(2,3)4/h7-13,19H,6,14H2,1-5H3. The van der Waals surface area contributed by atoms with Crippen molar-refractivity contribution in [1.82, 2.24) is 0 Å². The van der Waals surface area contributed by atoms with E-state index >= 15 is 0 Å². The number of methoxy groups -OCH3 is 1. The summed E-state index contributed by atoms with van der Waals surface area (Å²) in [7, 11) is 1.70. The van der Waals surface area contributed by atoms with Crippen molar-refractivity contribution in [3.8, 4) is 11.8 Å². The second kappa shape index (κ2) is 7.53. The highest BCUT2D eigenvalue weighted by Gasteiger charge is 2.16. The molecule has 2 rings (SSSR count). The summed E-state index contributed by atoms with van der Waals surface area (Å²) >= 11 is 0. The normalized spacial score (nSPS) is 12.5. The van der Waals surface area contributed by atoms with E-state index in [9.17, 15) is 5.26 Å². The monoisotopic (exact) mass is 321 g/mol. The van der Waals surface area contributed by atoms with Crippen LogP contribution in [0.2, 0.25) is 0 Å². The Morgan fingerprint density at radius 1 is 1.08 bits per heavy atom. The summed E-state index contributed by atoms with van der Waals surface area (Å²) in [6.07, 6.45) is 1.65. The molecule has 126 valence electrons. The second-order valence-corrected chi connectivity index (χ2v) is 7.26. The number of nitrogens with zero attached hydrogens (tertiary/aromatic N) is 1. The van der Waals surface area contributed by atoms with Crippen LogP contribution >= 0.6 is 0 Å². The molecule has 0 fully saturated rings. The summed E-state index contributed by atoms with van der Waals surface area (Å²) in [5.74, 6) is 0.793. The summed E-state index contributed by atoms with van der Waals surface area (Å²) in [6, 6.07) is 17.2. The van der Waals surface area contributed by atoms with Crippen molar-refractivity contribution in [2.45, 2.75) is 51.9 Å². The molecule has 0 spiro atoms. The molecule has 0 aliphatic rings. The number of rotatable bonds is 5. The van der Waals surface area contributed by atoms with Crippen LogP contribution in [0, 0.1) is 11.3 Å². The molecular weight excluding hydrogens is 294 g/mol. The third-order valence-electron chi connectivity index (χ3n) is 4.50. The molecule has 24 heavy (non-hydrogen) atoms. The Morgan fingerprint density at radius 2 is 1.75 bits per heavy atom. The zero-order valence-corrected chi connectivity index (χ0v) is 15.4. The van der Waals surface area contributed by atoms with Crippen molar-refractivity contribution in [3.05, 3.63) is 64.7 Å². The van der Waals surface area contributed by atoms with Gasteiger partial charge >= 0.3 is 0 Å². The zero-order chi connectivity index (χ0) is 17.7. The molecule has 0 aliphatic heterocycles. The molecule has 0 saturated heterocycles. The van der Waals surface area contributed by atoms with Gasteiger partial charge in [0.2, 0.25) is 0 Å². The van der Waals surface area contributed by atoms with E-state index in [2.05, 4.69) is 70.2 Å². The molecule has 2 nitrogen and oxygen atoms in total. The van der Waals surface area contributed by atoms with Crippen LogP contribution < -0.4 is 4.74 Å². The molecule has 0 N–H and O–H groups in total. The quantitative estimate of drug-likeness (QED) is 0.738. The van der Waals surface area contributed by atoms with Gasteiger partial charge in [0.15, 0.2) is 0 Å². The van der Waals surface area contributed by atoms with E-state index in [1.54, 1.807) is 7.11 Å². The minimum Gasteiger partial charge on any atom is -0.496 e. The number of nitriles is 1. The lowest BCUT2D eigenvalue weighted by molar-refractivity contribution is 0.410. The zero-order valence-electron chi connectivity index (χ0n) is 15.4. The Labute approximate surface area is 146 Å². The van der Waals surface area contributed by atoms with Gasteiger partial charge in [0.1, 0.15) is 5.75 Å². The van der Waals surface area contributed by atoms with Gasteiger partial charge in [0.25, 0.3) is 0 Å². The van der Waals surface area contributed by atoms with Gasteiger partial charge < -0.3 is 4.74 Å². The van der Waals surface area contributed by atoms with Gasteiger partial charge in [-0.15, -0.1) is 0 Å². The van der Waals surface area contributed by atoms with Crippen molar-refractivity contribution < 1.29 is 4.74 Å². The first-order valence-corrected chi connectivity index (χ1v) is 8.55. The first-order valence-electron chi connectivity index (χ1n) is 8.55. The maximum atomic E-state index is 9.62. The summed E-state index contributed by atoms with van der Waals surface area (Å²) < 4.78 is 5.39. The molecular formula is C22H27NO. The Bertz CT molecular complexity index is 717. The van der Waals surface area contributed by atoms with Gasteiger partial charge in [-0.2, -0.15) is 5.26 Å². The molecule has 1 atom stereocenters. The van der Waals surface area contributed by atoms with E-state index in [-0.39, 0.29) is 11.3 Å². The fourth-order valence-electron chi connectivity index (χ4n) is 2.92. The van der Waals surface area contributed by atoms with Crippen LogP contribution in [-0.2, 0) is 18.3 Å². The van der Waals surface area contributed by atoms with Crippen LogP contribution in [0.4, 0.5) is 0 Å². The van der Waals surface area contributed by atoms with E-state index in [0.29, 0.717) is 0 Å². The average molecular weight is 321 g/mol. The lowest BCUT2D eigenvalue weighted by atomic mass is 9.85. The molecule has 0 aliphatic carbocycles. The van der Waals surface area contributed by atoms with Crippen LogP contribution in [0.15, 0.2) is 42.5 Å². The van der Waals surface area contributed by atoms with Crippen molar-refractivity contribution in [2.75, 3.05) is 7.11 Å². The SMILES string of the molecule is CCc1cc(CC(C#N)c2ccc(C(C)(C)C)cc2)ccc1OC. The van der Waals surface area contributed by atoms with E-state index in [0.717, 1.165) is 24.2 Å². The summed E-state index contributed by atoms with van der Waals surface area (Å²) in [6.45, 7) is 8.73. The van der Waals surface area contributed by atoms with E-state index in [1.165, 1.54) is 16.7 Å². The highest BCUT2D eigenvalue weighted by Crippen LogP contribution is 2.28. The molecule has 1 unspecified atom stereocenters. The Kier molecular flexibility index (Phi) is 5.67. The number of hydrogen-bond acceptors (Lipinski definition) is 2. The van der Waals surface area contributed by atoms with E-state index in [1.807, 2.05) is 6.07 Å². The largest absolute Gasteiger partial charge is 0.496 e. The number of hydrogen-bond donors (Lipinski definition) is 0. The lowest BCUT2D eigenvalue weighted by Gasteiger charge is -2.20.